The summed E-state index contributed by atoms with van der Waals surface area (Å²) in [6.07, 6.45) is -0.416. The van der Waals surface area contributed by atoms with E-state index in [1.54, 1.807) is 7.11 Å². The number of nitrogens with one attached hydrogen (secondary N) is 2. The molecule has 0 bridgehead atoms. The molecule has 0 saturated heterocycles. The Balaban J connectivity index is 1.60. The molecule has 22 heavy (non-hydrogen) atoms. The molecule has 0 unspecified atom stereocenters. The highest BCUT2D eigenvalue weighted by Crippen LogP contribution is 2.14. The summed E-state index contributed by atoms with van der Waals surface area (Å²) in [5.74, 6) is 0.813. The number of rotatable bonds is 7. The Hall–Kier alpha value is -2.69. The van der Waals surface area contributed by atoms with Crippen LogP contribution in [0.4, 0.5) is 10.5 Å². The minimum atomic E-state index is -0.416. The van der Waals surface area contributed by atoms with E-state index >= 15 is 0 Å². The maximum absolute atomic E-state index is 11.5. The molecule has 2 aromatic rings. The third-order valence-electron chi connectivity index (χ3n) is 3.03. The number of anilines is 1. The lowest BCUT2D eigenvalue weighted by molar-refractivity contribution is 0.140. The molecule has 0 aliphatic carbocycles. The van der Waals surface area contributed by atoms with Gasteiger partial charge in [-0.2, -0.15) is 0 Å². The second kappa shape index (κ2) is 8.56. The smallest absolute Gasteiger partial charge is 0.407 e. The lowest BCUT2D eigenvalue weighted by Crippen LogP contribution is -2.29. The molecule has 0 aliphatic heterocycles. The first-order chi connectivity index (χ1) is 10.8. The van der Waals surface area contributed by atoms with Crippen molar-refractivity contribution >= 4 is 11.8 Å². The van der Waals surface area contributed by atoms with Gasteiger partial charge in [0.1, 0.15) is 12.4 Å². The van der Waals surface area contributed by atoms with E-state index in [1.807, 2.05) is 54.6 Å². The van der Waals surface area contributed by atoms with Gasteiger partial charge in [0.2, 0.25) is 0 Å². The van der Waals surface area contributed by atoms with E-state index in [-0.39, 0.29) is 6.61 Å². The van der Waals surface area contributed by atoms with Gasteiger partial charge in [0.25, 0.3) is 0 Å². The second-order valence-electron chi connectivity index (χ2n) is 4.64. The number of hydrogen-bond donors (Lipinski definition) is 2. The molecule has 5 heteroatoms. The first kappa shape index (κ1) is 15.7. The number of benzene rings is 2. The monoisotopic (exact) mass is 300 g/mol. The molecule has 0 atom stereocenters. The summed E-state index contributed by atoms with van der Waals surface area (Å²) < 4.78 is 10.2. The molecule has 5 nitrogen and oxygen atoms in total. The summed E-state index contributed by atoms with van der Waals surface area (Å²) in [6.45, 7) is 1.38. The fourth-order valence-corrected chi connectivity index (χ4v) is 1.85. The molecule has 0 aliphatic rings. The topological polar surface area (TPSA) is 59.6 Å². The number of hydrogen-bond acceptors (Lipinski definition) is 4. The highest BCUT2D eigenvalue weighted by atomic mass is 16.5. The van der Waals surface area contributed by atoms with Crippen LogP contribution >= 0.6 is 0 Å². The zero-order chi connectivity index (χ0) is 15.6. The molecule has 0 aromatic heterocycles. The van der Waals surface area contributed by atoms with Crippen LogP contribution in [0.3, 0.4) is 0 Å². The number of methoxy groups -OCH3 is 1. The number of alkyl carbamates (subject to hydrolysis) is 1. The predicted octanol–water partition coefficient (Wildman–Crippen LogP) is 3.03. The number of carbonyl (C=O) groups is 1. The van der Waals surface area contributed by atoms with Gasteiger partial charge in [-0.25, -0.2) is 4.79 Å². The van der Waals surface area contributed by atoms with Gasteiger partial charge in [0.15, 0.2) is 0 Å². The fourth-order valence-electron chi connectivity index (χ4n) is 1.85. The molecule has 0 saturated carbocycles. The van der Waals surface area contributed by atoms with Gasteiger partial charge in [-0.3, -0.25) is 0 Å². The van der Waals surface area contributed by atoms with Crippen molar-refractivity contribution in [1.29, 1.82) is 0 Å². The maximum Gasteiger partial charge on any atom is 0.407 e. The van der Waals surface area contributed by atoms with Crippen LogP contribution in [0.15, 0.2) is 54.6 Å². The molecular formula is C17H20N2O3. The van der Waals surface area contributed by atoms with Crippen molar-refractivity contribution in [2.24, 2.45) is 0 Å². The molecule has 0 spiro atoms. The average Bonchev–Trinajstić information content (AvgIpc) is 2.58. The number of amides is 1. The molecule has 2 rings (SSSR count). The highest BCUT2D eigenvalue weighted by Gasteiger charge is 2.01. The summed E-state index contributed by atoms with van der Waals surface area (Å²) >= 11 is 0. The van der Waals surface area contributed by atoms with Crippen LogP contribution in [-0.2, 0) is 11.3 Å². The van der Waals surface area contributed by atoms with Gasteiger partial charge in [-0.1, -0.05) is 30.3 Å². The Morgan fingerprint density at radius 1 is 1.00 bits per heavy atom. The minimum absolute atomic E-state index is 0.276. The van der Waals surface area contributed by atoms with E-state index in [0.717, 1.165) is 17.0 Å². The van der Waals surface area contributed by atoms with Gasteiger partial charge >= 0.3 is 6.09 Å². The molecule has 0 radical (unpaired) electrons. The van der Waals surface area contributed by atoms with E-state index in [2.05, 4.69) is 10.6 Å². The lowest BCUT2D eigenvalue weighted by Gasteiger charge is -2.09. The number of ether oxygens (including phenoxy) is 2. The third-order valence-corrected chi connectivity index (χ3v) is 3.03. The van der Waals surface area contributed by atoms with Crippen molar-refractivity contribution in [3.8, 4) is 5.75 Å². The molecule has 0 fully saturated rings. The van der Waals surface area contributed by atoms with Crippen molar-refractivity contribution in [2.75, 3.05) is 25.5 Å². The third kappa shape index (κ3) is 5.36. The van der Waals surface area contributed by atoms with Gasteiger partial charge in [0, 0.05) is 18.8 Å². The first-order valence-corrected chi connectivity index (χ1v) is 7.10. The quantitative estimate of drug-likeness (QED) is 0.772. The zero-order valence-electron chi connectivity index (χ0n) is 12.5. The average molecular weight is 300 g/mol. The molecule has 2 aromatic carbocycles. The molecule has 1 amide bonds. The van der Waals surface area contributed by atoms with E-state index in [9.17, 15) is 4.79 Å². The van der Waals surface area contributed by atoms with E-state index < -0.39 is 6.09 Å². The molecule has 116 valence electrons. The molecule has 0 heterocycles. The van der Waals surface area contributed by atoms with Crippen molar-refractivity contribution in [1.82, 2.24) is 5.32 Å². The minimum Gasteiger partial charge on any atom is -0.497 e. The van der Waals surface area contributed by atoms with Crippen LogP contribution in [0.5, 0.6) is 5.75 Å². The fraction of sp³-hybridized carbons (Fsp3) is 0.235. The predicted molar refractivity (Wildman–Crippen MR) is 86.1 cm³/mol. The van der Waals surface area contributed by atoms with Crippen LogP contribution in [0.2, 0.25) is 0 Å². The van der Waals surface area contributed by atoms with Crippen LogP contribution in [0, 0.1) is 0 Å². The normalized spacial score (nSPS) is 9.86. The van der Waals surface area contributed by atoms with Crippen molar-refractivity contribution in [3.63, 3.8) is 0 Å². The Morgan fingerprint density at radius 3 is 2.41 bits per heavy atom. The number of carbonyl (C=O) groups excluding carboxylic acids is 1. The standard InChI is InChI=1S/C17H20N2O3/c1-21-16-9-7-15(8-10-16)18-11-12-19-17(20)22-13-14-5-3-2-4-6-14/h2-10,18H,11-13H2,1H3,(H,19,20). The van der Waals surface area contributed by atoms with Crippen LogP contribution in [0.1, 0.15) is 5.56 Å². The Bertz CT molecular complexity index is 570. The summed E-state index contributed by atoms with van der Waals surface area (Å²) in [5.41, 5.74) is 1.94. The largest absolute Gasteiger partial charge is 0.497 e. The lowest BCUT2D eigenvalue weighted by atomic mass is 10.2. The SMILES string of the molecule is COc1ccc(NCCNC(=O)OCc2ccccc2)cc1. The van der Waals surface area contributed by atoms with Gasteiger partial charge < -0.3 is 20.1 Å². The second-order valence-corrected chi connectivity index (χ2v) is 4.64. The summed E-state index contributed by atoms with van der Waals surface area (Å²) in [5, 5.41) is 5.90. The molecule has 2 N–H and O–H groups in total. The van der Waals surface area contributed by atoms with Gasteiger partial charge in [0.05, 0.1) is 7.11 Å². The highest BCUT2D eigenvalue weighted by molar-refractivity contribution is 5.67. The first-order valence-electron chi connectivity index (χ1n) is 7.10. The van der Waals surface area contributed by atoms with Crippen LogP contribution in [-0.4, -0.2) is 26.3 Å². The zero-order valence-corrected chi connectivity index (χ0v) is 12.5. The van der Waals surface area contributed by atoms with E-state index in [0.29, 0.717) is 13.1 Å². The Labute approximate surface area is 130 Å². The summed E-state index contributed by atoms with van der Waals surface area (Å²) in [4.78, 5) is 11.5. The summed E-state index contributed by atoms with van der Waals surface area (Å²) in [6, 6.07) is 17.2. The van der Waals surface area contributed by atoms with Gasteiger partial charge in [-0.05, 0) is 29.8 Å². The van der Waals surface area contributed by atoms with Crippen molar-refractivity contribution in [3.05, 3.63) is 60.2 Å². The van der Waals surface area contributed by atoms with E-state index in [4.69, 9.17) is 9.47 Å². The summed E-state index contributed by atoms with van der Waals surface area (Å²) in [7, 11) is 1.63. The van der Waals surface area contributed by atoms with E-state index in [1.165, 1.54) is 0 Å². The Morgan fingerprint density at radius 2 is 1.73 bits per heavy atom. The van der Waals surface area contributed by atoms with Crippen LogP contribution < -0.4 is 15.4 Å². The van der Waals surface area contributed by atoms with Gasteiger partial charge in [-0.15, -0.1) is 0 Å². The van der Waals surface area contributed by atoms with Crippen LogP contribution in [0.25, 0.3) is 0 Å². The van der Waals surface area contributed by atoms with Crippen molar-refractivity contribution in [2.45, 2.75) is 6.61 Å². The Kier molecular flexibility index (Phi) is 6.11. The maximum atomic E-state index is 11.5. The molecular weight excluding hydrogens is 280 g/mol. The van der Waals surface area contributed by atoms with Crippen molar-refractivity contribution < 1.29 is 14.3 Å².